The van der Waals surface area contributed by atoms with Crippen LogP contribution in [0.25, 0.3) is 6.08 Å². The minimum atomic E-state index is -1.23. The third kappa shape index (κ3) is 2.42. The van der Waals surface area contributed by atoms with Gasteiger partial charge in [0.1, 0.15) is 11.6 Å². The first kappa shape index (κ1) is 9.93. The summed E-state index contributed by atoms with van der Waals surface area (Å²) in [5.74, 6) is -1.23. The summed E-state index contributed by atoms with van der Waals surface area (Å²) in [5.41, 5.74) is 1.15. The standard InChI is InChI=1S/C10H8N2O2/c1-7-2-3-8(6-12-7)4-9(5-11)10(13)14/h2-4,6H,1H3,(H,13,14)/b9-4-. The molecule has 1 rings (SSSR count). The zero-order valence-corrected chi connectivity index (χ0v) is 7.56. The van der Waals surface area contributed by atoms with Crippen molar-refractivity contribution in [3.63, 3.8) is 0 Å². The Hall–Kier alpha value is -2.15. The molecule has 0 atom stereocenters. The van der Waals surface area contributed by atoms with Crippen molar-refractivity contribution >= 4 is 12.0 Å². The molecule has 1 heterocycles. The quantitative estimate of drug-likeness (QED) is 0.562. The molecule has 0 aliphatic rings. The van der Waals surface area contributed by atoms with Crippen LogP contribution in [0.5, 0.6) is 0 Å². The van der Waals surface area contributed by atoms with E-state index in [2.05, 4.69) is 4.98 Å². The van der Waals surface area contributed by atoms with Gasteiger partial charge in [0.05, 0.1) is 0 Å². The average molecular weight is 188 g/mol. The number of pyridine rings is 1. The largest absolute Gasteiger partial charge is 0.477 e. The van der Waals surface area contributed by atoms with Gasteiger partial charge in [-0.15, -0.1) is 0 Å². The highest BCUT2D eigenvalue weighted by Crippen LogP contribution is 2.05. The minimum absolute atomic E-state index is 0.296. The van der Waals surface area contributed by atoms with Crippen LogP contribution in [-0.2, 0) is 4.79 Å². The molecular formula is C10H8N2O2. The number of nitriles is 1. The molecule has 1 aromatic rings. The number of aryl methyl sites for hydroxylation is 1. The van der Waals surface area contributed by atoms with Gasteiger partial charge < -0.3 is 5.11 Å². The van der Waals surface area contributed by atoms with Crippen molar-refractivity contribution in [3.05, 3.63) is 35.2 Å². The predicted molar refractivity (Wildman–Crippen MR) is 50.2 cm³/mol. The number of hydrogen-bond acceptors (Lipinski definition) is 3. The van der Waals surface area contributed by atoms with Gasteiger partial charge in [0.25, 0.3) is 0 Å². The van der Waals surface area contributed by atoms with Crippen LogP contribution in [0, 0.1) is 18.3 Å². The van der Waals surface area contributed by atoms with E-state index in [-0.39, 0.29) is 5.57 Å². The monoisotopic (exact) mass is 188 g/mol. The number of aromatic nitrogens is 1. The molecule has 0 saturated heterocycles. The molecule has 0 amide bonds. The predicted octanol–water partition coefficient (Wildman–Crippen LogP) is 1.38. The average Bonchev–Trinajstić information content (AvgIpc) is 2.16. The van der Waals surface area contributed by atoms with E-state index in [9.17, 15) is 4.79 Å². The molecule has 0 unspecified atom stereocenters. The van der Waals surface area contributed by atoms with Gasteiger partial charge in [-0.1, -0.05) is 6.07 Å². The van der Waals surface area contributed by atoms with E-state index >= 15 is 0 Å². The summed E-state index contributed by atoms with van der Waals surface area (Å²) in [7, 11) is 0. The van der Waals surface area contributed by atoms with Crippen LogP contribution in [-0.4, -0.2) is 16.1 Å². The Balaban J connectivity index is 3.03. The Bertz CT molecular complexity index is 413. The van der Waals surface area contributed by atoms with Crippen molar-refractivity contribution in [1.29, 1.82) is 5.26 Å². The first-order chi connectivity index (χ1) is 6.63. The number of carboxylic acids is 1. The van der Waals surface area contributed by atoms with Crippen molar-refractivity contribution in [3.8, 4) is 6.07 Å². The highest BCUT2D eigenvalue weighted by Gasteiger charge is 2.04. The molecule has 0 fully saturated rings. The summed E-state index contributed by atoms with van der Waals surface area (Å²) >= 11 is 0. The van der Waals surface area contributed by atoms with Gasteiger partial charge >= 0.3 is 5.97 Å². The normalized spacial score (nSPS) is 10.7. The van der Waals surface area contributed by atoms with Crippen LogP contribution in [0.4, 0.5) is 0 Å². The Kier molecular flexibility index (Phi) is 2.97. The highest BCUT2D eigenvalue weighted by molar-refractivity contribution is 5.96. The molecule has 0 saturated carbocycles. The van der Waals surface area contributed by atoms with Crippen LogP contribution in [0.2, 0.25) is 0 Å². The Labute approximate surface area is 81.1 Å². The number of aliphatic carboxylic acids is 1. The molecule has 0 bridgehead atoms. The van der Waals surface area contributed by atoms with E-state index in [1.165, 1.54) is 12.3 Å². The zero-order valence-electron chi connectivity index (χ0n) is 7.56. The molecule has 0 aliphatic carbocycles. The van der Waals surface area contributed by atoms with Crippen LogP contribution in [0.15, 0.2) is 23.9 Å². The number of nitrogens with zero attached hydrogens (tertiary/aromatic N) is 2. The van der Waals surface area contributed by atoms with Crippen LogP contribution in [0.1, 0.15) is 11.3 Å². The molecule has 4 heteroatoms. The van der Waals surface area contributed by atoms with Gasteiger partial charge in [-0.25, -0.2) is 4.79 Å². The third-order valence-electron chi connectivity index (χ3n) is 1.60. The second-order valence-corrected chi connectivity index (χ2v) is 2.71. The van der Waals surface area contributed by atoms with Crippen LogP contribution < -0.4 is 0 Å². The lowest BCUT2D eigenvalue weighted by molar-refractivity contribution is -0.132. The van der Waals surface area contributed by atoms with E-state index in [4.69, 9.17) is 10.4 Å². The van der Waals surface area contributed by atoms with E-state index in [0.717, 1.165) is 5.69 Å². The molecule has 1 N–H and O–H groups in total. The summed E-state index contributed by atoms with van der Waals surface area (Å²) < 4.78 is 0. The first-order valence-electron chi connectivity index (χ1n) is 3.91. The van der Waals surface area contributed by atoms with Gasteiger partial charge in [-0.3, -0.25) is 4.98 Å². The third-order valence-corrected chi connectivity index (χ3v) is 1.60. The summed E-state index contributed by atoms with van der Waals surface area (Å²) in [6, 6.07) is 5.06. The number of hydrogen-bond donors (Lipinski definition) is 1. The maximum Gasteiger partial charge on any atom is 0.346 e. The van der Waals surface area contributed by atoms with E-state index in [0.29, 0.717) is 5.56 Å². The first-order valence-corrected chi connectivity index (χ1v) is 3.91. The van der Waals surface area contributed by atoms with Gasteiger partial charge in [-0.2, -0.15) is 5.26 Å². The number of carbonyl (C=O) groups is 1. The minimum Gasteiger partial charge on any atom is -0.477 e. The lowest BCUT2D eigenvalue weighted by Crippen LogP contribution is -1.97. The molecule has 70 valence electrons. The molecule has 0 spiro atoms. The molecule has 0 aliphatic heterocycles. The second kappa shape index (κ2) is 4.19. The molecule has 4 nitrogen and oxygen atoms in total. The molecule has 0 radical (unpaired) electrons. The van der Waals surface area contributed by atoms with Crippen LogP contribution >= 0.6 is 0 Å². The highest BCUT2D eigenvalue weighted by atomic mass is 16.4. The number of carboxylic acid groups (broad SMARTS) is 1. The maximum atomic E-state index is 10.5. The van der Waals surface area contributed by atoms with Crippen molar-refractivity contribution < 1.29 is 9.90 Å². The lowest BCUT2D eigenvalue weighted by Gasteiger charge is -1.94. The number of rotatable bonds is 2. The summed E-state index contributed by atoms with van der Waals surface area (Å²) in [6.07, 6.45) is 2.81. The summed E-state index contributed by atoms with van der Waals surface area (Å²) in [6.45, 7) is 1.83. The molecule has 1 aromatic heterocycles. The van der Waals surface area contributed by atoms with Crippen molar-refractivity contribution in [2.75, 3.05) is 0 Å². The van der Waals surface area contributed by atoms with Gasteiger partial charge in [0, 0.05) is 11.9 Å². The second-order valence-electron chi connectivity index (χ2n) is 2.71. The lowest BCUT2D eigenvalue weighted by atomic mass is 10.2. The van der Waals surface area contributed by atoms with E-state index < -0.39 is 5.97 Å². The smallest absolute Gasteiger partial charge is 0.346 e. The van der Waals surface area contributed by atoms with Crippen LogP contribution in [0.3, 0.4) is 0 Å². The van der Waals surface area contributed by atoms with Gasteiger partial charge in [-0.05, 0) is 24.6 Å². The summed E-state index contributed by atoms with van der Waals surface area (Å²) in [5, 5.41) is 17.1. The topological polar surface area (TPSA) is 74.0 Å². The van der Waals surface area contributed by atoms with Crippen molar-refractivity contribution in [1.82, 2.24) is 4.98 Å². The Morgan fingerprint density at radius 3 is 2.79 bits per heavy atom. The summed E-state index contributed by atoms with van der Waals surface area (Å²) in [4.78, 5) is 14.5. The molecular weight excluding hydrogens is 180 g/mol. The fraction of sp³-hybridized carbons (Fsp3) is 0.100. The van der Waals surface area contributed by atoms with Gasteiger partial charge in [0.15, 0.2) is 0 Å². The van der Waals surface area contributed by atoms with E-state index in [1.807, 2.05) is 6.92 Å². The maximum absolute atomic E-state index is 10.5. The SMILES string of the molecule is Cc1ccc(/C=C(/C#N)C(=O)O)cn1. The fourth-order valence-electron chi connectivity index (χ4n) is 0.873. The zero-order chi connectivity index (χ0) is 10.6. The Morgan fingerprint density at radius 2 is 2.36 bits per heavy atom. The molecule has 0 aromatic carbocycles. The van der Waals surface area contributed by atoms with Crippen molar-refractivity contribution in [2.24, 2.45) is 0 Å². The molecule has 14 heavy (non-hydrogen) atoms. The van der Waals surface area contributed by atoms with Gasteiger partial charge in [0.2, 0.25) is 0 Å². The fourth-order valence-corrected chi connectivity index (χ4v) is 0.873. The Morgan fingerprint density at radius 1 is 1.64 bits per heavy atom. The van der Waals surface area contributed by atoms with E-state index in [1.54, 1.807) is 18.2 Å². The van der Waals surface area contributed by atoms with Crippen molar-refractivity contribution in [2.45, 2.75) is 6.92 Å².